The number of hydrogen-bond acceptors (Lipinski definition) is 6. The van der Waals surface area contributed by atoms with E-state index in [-0.39, 0.29) is 18.3 Å². The molecule has 0 aliphatic heterocycles. The number of amides is 1. The van der Waals surface area contributed by atoms with Crippen molar-refractivity contribution in [3.63, 3.8) is 0 Å². The highest BCUT2D eigenvalue weighted by Crippen LogP contribution is 2.30. The van der Waals surface area contributed by atoms with Crippen LogP contribution in [0.25, 0.3) is 11.3 Å². The van der Waals surface area contributed by atoms with Crippen LogP contribution in [0.4, 0.5) is 5.13 Å². The first-order valence-corrected chi connectivity index (χ1v) is 8.23. The van der Waals surface area contributed by atoms with Gasteiger partial charge in [-0.05, 0) is 18.9 Å². The predicted octanol–water partition coefficient (Wildman–Crippen LogP) is 2.56. The normalized spacial score (nSPS) is 15.6. The Morgan fingerprint density at radius 2 is 2.12 bits per heavy atom. The van der Waals surface area contributed by atoms with E-state index in [1.807, 2.05) is 5.38 Å². The lowest BCUT2D eigenvalue weighted by atomic mass is 9.98. The van der Waals surface area contributed by atoms with Gasteiger partial charge in [-0.2, -0.15) is 0 Å². The van der Waals surface area contributed by atoms with Crippen molar-refractivity contribution in [1.82, 2.24) is 9.97 Å². The van der Waals surface area contributed by atoms with Gasteiger partial charge in [-0.1, -0.05) is 12.8 Å². The number of nitrogens with one attached hydrogen (secondary N) is 2. The van der Waals surface area contributed by atoms with Crippen LogP contribution in [0, 0.1) is 0 Å². The molecular formula is C15H19ClN4O3S. The first-order valence-electron chi connectivity index (χ1n) is 7.35. The number of methoxy groups -OCH3 is 1. The number of halogens is 1. The number of rotatable bonds is 4. The van der Waals surface area contributed by atoms with Crippen LogP contribution in [0.15, 0.2) is 17.6 Å². The summed E-state index contributed by atoms with van der Waals surface area (Å²) in [7, 11) is 1.32. The molecule has 0 aromatic carbocycles. The van der Waals surface area contributed by atoms with Crippen LogP contribution >= 0.6 is 23.7 Å². The summed E-state index contributed by atoms with van der Waals surface area (Å²) in [5.41, 5.74) is 7.13. The number of aromatic nitrogens is 2. The van der Waals surface area contributed by atoms with Gasteiger partial charge in [0.05, 0.1) is 18.3 Å². The number of thiazole rings is 1. The van der Waals surface area contributed by atoms with Crippen LogP contribution < -0.4 is 11.1 Å². The first kappa shape index (κ1) is 18.4. The maximum atomic E-state index is 12.3. The third-order valence-corrected chi connectivity index (χ3v) is 4.81. The predicted molar refractivity (Wildman–Crippen MR) is 94.5 cm³/mol. The lowest BCUT2D eigenvalue weighted by Gasteiger charge is -2.21. The summed E-state index contributed by atoms with van der Waals surface area (Å²) in [4.78, 5) is 30.9. The summed E-state index contributed by atoms with van der Waals surface area (Å²) >= 11 is 1.32. The molecule has 1 aliphatic rings. The fourth-order valence-corrected chi connectivity index (χ4v) is 3.40. The minimum Gasteiger partial charge on any atom is -0.464 e. The van der Waals surface area contributed by atoms with E-state index >= 15 is 0 Å². The van der Waals surface area contributed by atoms with E-state index in [1.165, 1.54) is 18.4 Å². The molecular weight excluding hydrogens is 352 g/mol. The molecule has 0 saturated heterocycles. The molecule has 7 nitrogen and oxygen atoms in total. The Morgan fingerprint density at radius 1 is 1.42 bits per heavy atom. The summed E-state index contributed by atoms with van der Waals surface area (Å²) in [6.07, 6.45) is 5.04. The zero-order valence-electron chi connectivity index (χ0n) is 13.1. The highest BCUT2D eigenvalue weighted by atomic mass is 35.5. The highest BCUT2D eigenvalue weighted by molar-refractivity contribution is 7.14. The van der Waals surface area contributed by atoms with Crippen molar-refractivity contribution in [2.24, 2.45) is 5.73 Å². The van der Waals surface area contributed by atoms with Gasteiger partial charge in [0.15, 0.2) is 5.13 Å². The number of ether oxygens (including phenoxy) is 1. The van der Waals surface area contributed by atoms with Gasteiger partial charge in [-0.3, -0.25) is 4.79 Å². The molecule has 0 atom stereocenters. The SMILES string of the molecule is COC(=O)c1cc(-c2csc(NC(=O)C3(N)CCCC3)n2)c[nH]1.Cl. The second-order valence-corrected chi connectivity index (χ2v) is 6.51. The lowest BCUT2D eigenvalue weighted by Crippen LogP contribution is -2.48. The van der Waals surface area contributed by atoms with E-state index in [9.17, 15) is 9.59 Å². The van der Waals surface area contributed by atoms with Crippen molar-refractivity contribution in [1.29, 1.82) is 0 Å². The Balaban J connectivity index is 0.00000208. The molecule has 0 spiro atoms. The lowest BCUT2D eigenvalue weighted by molar-refractivity contribution is -0.121. The van der Waals surface area contributed by atoms with E-state index in [1.54, 1.807) is 12.3 Å². The van der Waals surface area contributed by atoms with Gasteiger partial charge in [0.25, 0.3) is 0 Å². The highest BCUT2D eigenvalue weighted by Gasteiger charge is 2.37. The maximum absolute atomic E-state index is 12.3. The Bertz CT molecular complexity index is 737. The van der Waals surface area contributed by atoms with Crippen LogP contribution in [0.5, 0.6) is 0 Å². The average Bonchev–Trinajstić information content (AvgIpc) is 3.26. The van der Waals surface area contributed by atoms with Crippen LogP contribution in [0.3, 0.4) is 0 Å². The molecule has 0 bridgehead atoms. The number of hydrogen-bond donors (Lipinski definition) is 3. The van der Waals surface area contributed by atoms with Gasteiger partial charge in [0.2, 0.25) is 5.91 Å². The van der Waals surface area contributed by atoms with Gasteiger partial charge in [0.1, 0.15) is 5.69 Å². The number of nitrogens with two attached hydrogens (primary N) is 1. The topological polar surface area (TPSA) is 110 Å². The zero-order valence-corrected chi connectivity index (χ0v) is 14.8. The second kappa shape index (κ2) is 7.33. The summed E-state index contributed by atoms with van der Waals surface area (Å²) in [6.45, 7) is 0. The van der Waals surface area contributed by atoms with Gasteiger partial charge >= 0.3 is 5.97 Å². The summed E-state index contributed by atoms with van der Waals surface area (Å²) < 4.78 is 4.65. The molecule has 4 N–H and O–H groups in total. The Morgan fingerprint density at radius 3 is 2.79 bits per heavy atom. The number of carbonyl (C=O) groups excluding carboxylic acids is 2. The first-order chi connectivity index (χ1) is 11.0. The fraction of sp³-hybridized carbons (Fsp3) is 0.400. The molecule has 1 saturated carbocycles. The van der Waals surface area contributed by atoms with E-state index in [0.29, 0.717) is 29.4 Å². The molecule has 1 amide bonds. The van der Waals surface area contributed by atoms with Crippen molar-refractivity contribution in [2.75, 3.05) is 12.4 Å². The van der Waals surface area contributed by atoms with Crippen LogP contribution in [0.1, 0.15) is 36.2 Å². The molecule has 9 heteroatoms. The average molecular weight is 371 g/mol. The maximum Gasteiger partial charge on any atom is 0.354 e. The molecule has 3 rings (SSSR count). The number of H-pyrrole nitrogens is 1. The minimum absolute atomic E-state index is 0. The molecule has 1 aliphatic carbocycles. The smallest absolute Gasteiger partial charge is 0.354 e. The Hall–Kier alpha value is -1.90. The van der Waals surface area contributed by atoms with Gasteiger partial charge in [-0.15, -0.1) is 23.7 Å². The zero-order chi connectivity index (χ0) is 16.4. The summed E-state index contributed by atoms with van der Waals surface area (Å²) in [6, 6.07) is 1.66. The number of nitrogens with zero attached hydrogens (tertiary/aromatic N) is 1. The third kappa shape index (κ3) is 3.61. The number of anilines is 1. The fourth-order valence-electron chi connectivity index (χ4n) is 2.69. The van der Waals surface area contributed by atoms with Gasteiger partial charge < -0.3 is 20.8 Å². The molecule has 2 aromatic rings. The van der Waals surface area contributed by atoms with Crippen molar-refractivity contribution in [3.05, 3.63) is 23.3 Å². The van der Waals surface area contributed by atoms with E-state index in [2.05, 4.69) is 20.0 Å². The number of esters is 1. The van der Waals surface area contributed by atoms with Gasteiger partial charge in [0, 0.05) is 17.1 Å². The monoisotopic (exact) mass is 370 g/mol. The van der Waals surface area contributed by atoms with Gasteiger partial charge in [-0.25, -0.2) is 9.78 Å². The third-order valence-electron chi connectivity index (χ3n) is 4.06. The molecule has 130 valence electrons. The molecule has 24 heavy (non-hydrogen) atoms. The molecule has 2 aromatic heterocycles. The van der Waals surface area contributed by atoms with E-state index < -0.39 is 11.5 Å². The van der Waals surface area contributed by atoms with Crippen molar-refractivity contribution >= 4 is 40.8 Å². The van der Waals surface area contributed by atoms with E-state index in [0.717, 1.165) is 18.4 Å². The molecule has 2 heterocycles. The summed E-state index contributed by atoms with van der Waals surface area (Å²) in [5.74, 6) is -0.619. The van der Waals surface area contributed by atoms with Crippen LogP contribution in [-0.2, 0) is 9.53 Å². The summed E-state index contributed by atoms with van der Waals surface area (Å²) in [5, 5.41) is 5.12. The molecule has 0 unspecified atom stereocenters. The van der Waals surface area contributed by atoms with Crippen LogP contribution in [-0.4, -0.2) is 34.5 Å². The van der Waals surface area contributed by atoms with Crippen molar-refractivity contribution in [2.45, 2.75) is 31.2 Å². The molecule has 1 fully saturated rings. The second-order valence-electron chi connectivity index (χ2n) is 5.65. The number of carbonyl (C=O) groups is 2. The number of aromatic amines is 1. The quantitative estimate of drug-likeness (QED) is 0.716. The Labute approximate surface area is 149 Å². The van der Waals surface area contributed by atoms with E-state index in [4.69, 9.17) is 5.73 Å². The standard InChI is InChI=1S/C15H18N4O3S.ClH/c1-22-12(20)10-6-9(7-17-10)11-8-23-14(18-11)19-13(21)15(16)4-2-3-5-15;/h6-8,17H,2-5,16H2,1H3,(H,18,19,21);1H. The van der Waals surface area contributed by atoms with Crippen LogP contribution in [0.2, 0.25) is 0 Å². The minimum atomic E-state index is -0.780. The van der Waals surface area contributed by atoms with Crippen molar-refractivity contribution < 1.29 is 14.3 Å². The molecule has 0 radical (unpaired) electrons. The largest absolute Gasteiger partial charge is 0.464 e. The Kier molecular flexibility index (Phi) is 5.63. The van der Waals surface area contributed by atoms with Crippen molar-refractivity contribution in [3.8, 4) is 11.3 Å².